The Labute approximate surface area is 192 Å². The number of carboxylic acid groups (broad SMARTS) is 1. The van der Waals surface area contributed by atoms with Crippen molar-refractivity contribution in [2.24, 2.45) is 5.92 Å². The Balaban J connectivity index is 1.84. The zero-order valence-electron chi connectivity index (χ0n) is 18.3. The average molecular weight is 481 g/mol. The molecular formula is C22H28N2O8S. The molecule has 2 aromatic carbocycles. The summed E-state index contributed by atoms with van der Waals surface area (Å²) in [4.78, 5) is 11.3. The van der Waals surface area contributed by atoms with Gasteiger partial charge in [-0.1, -0.05) is 26.0 Å². The summed E-state index contributed by atoms with van der Waals surface area (Å²) in [5.74, 6) is 0.770. The van der Waals surface area contributed by atoms with Crippen molar-refractivity contribution < 1.29 is 38.0 Å². The topological polar surface area (TPSA) is 146 Å². The Morgan fingerprint density at radius 3 is 2.39 bits per heavy atom. The number of carbonyl (C=O) groups is 1. The number of sulfonamides is 1. The van der Waals surface area contributed by atoms with Crippen molar-refractivity contribution in [3.63, 3.8) is 0 Å². The number of nitrogens with one attached hydrogen (secondary N) is 1. The van der Waals surface area contributed by atoms with E-state index >= 15 is 0 Å². The molecule has 0 bridgehead atoms. The maximum atomic E-state index is 13.4. The Hall–Kier alpha value is -3.02. The summed E-state index contributed by atoms with van der Waals surface area (Å²) >= 11 is 0. The van der Waals surface area contributed by atoms with Crippen molar-refractivity contribution in [2.45, 2.75) is 37.3 Å². The maximum absolute atomic E-state index is 13.4. The van der Waals surface area contributed by atoms with Crippen molar-refractivity contribution in [1.29, 1.82) is 0 Å². The highest BCUT2D eigenvalue weighted by molar-refractivity contribution is 7.89. The first-order chi connectivity index (χ1) is 15.6. The third-order valence-corrected chi connectivity index (χ3v) is 6.93. The van der Waals surface area contributed by atoms with Crippen molar-refractivity contribution in [3.05, 3.63) is 48.0 Å². The molecule has 1 amide bonds. The zero-order valence-corrected chi connectivity index (χ0v) is 19.2. The van der Waals surface area contributed by atoms with Gasteiger partial charge in [0.25, 0.3) is 0 Å². The van der Waals surface area contributed by atoms with E-state index in [1.807, 2.05) is 13.8 Å². The summed E-state index contributed by atoms with van der Waals surface area (Å²) in [5.41, 5.74) is 0.666. The minimum atomic E-state index is -4.02. The summed E-state index contributed by atoms with van der Waals surface area (Å²) in [6.07, 6.45) is -2.57. The van der Waals surface area contributed by atoms with Crippen LogP contribution in [-0.4, -0.2) is 66.2 Å². The second-order valence-electron chi connectivity index (χ2n) is 8.22. The van der Waals surface area contributed by atoms with Gasteiger partial charge in [-0.3, -0.25) is 0 Å². The molecule has 1 aliphatic heterocycles. The summed E-state index contributed by atoms with van der Waals surface area (Å²) in [7, 11) is -4.02. The molecule has 33 heavy (non-hydrogen) atoms. The van der Waals surface area contributed by atoms with Crippen LogP contribution in [0.1, 0.15) is 19.4 Å². The normalized spacial score (nSPS) is 14.9. The highest BCUT2D eigenvalue weighted by Gasteiger charge is 2.32. The van der Waals surface area contributed by atoms with Gasteiger partial charge in [-0.05, 0) is 42.2 Å². The van der Waals surface area contributed by atoms with Crippen LogP contribution in [0.2, 0.25) is 0 Å². The lowest BCUT2D eigenvalue weighted by atomic mass is 10.0. The number of hydrogen-bond acceptors (Lipinski definition) is 7. The minimum Gasteiger partial charge on any atom is -0.508 e. The Bertz CT molecular complexity index is 1070. The van der Waals surface area contributed by atoms with Crippen LogP contribution in [0, 0.1) is 5.92 Å². The first-order valence-corrected chi connectivity index (χ1v) is 11.9. The molecular weight excluding hydrogens is 452 g/mol. The van der Waals surface area contributed by atoms with Gasteiger partial charge in [0.2, 0.25) is 16.8 Å². The van der Waals surface area contributed by atoms with Gasteiger partial charge in [-0.2, -0.15) is 4.31 Å². The van der Waals surface area contributed by atoms with Crippen molar-refractivity contribution in [2.75, 3.05) is 19.9 Å². The van der Waals surface area contributed by atoms with Crippen molar-refractivity contribution in [3.8, 4) is 17.2 Å². The monoisotopic (exact) mass is 480 g/mol. The number of phenols is 1. The number of amides is 1. The van der Waals surface area contributed by atoms with Crippen LogP contribution in [0.25, 0.3) is 0 Å². The highest BCUT2D eigenvalue weighted by Crippen LogP contribution is 2.34. The van der Waals surface area contributed by atoms with Gasteiger partial charge in [-0.15, -0.1) is 0 Å². The van der Waals surface area contributed by atoms with Crippen LogP contribution < -0.4 is 14.8 Å². The quantitative estimate of drug-likeness (QED) is 0.404. The number of aliphatic hydroxyl groups excluding tert-OH is 1. The molecule has 0 fully saturated rings. The molecule has 10 nitrogen and oxygen atoms in total. The second kappa shape index (κ2) is 10.3. The van der Waals surface area contributed by atoms with Crippen LogP contribution in [0.5, 0.6) is 17.2 Å². The molecule has 11 heteroatoms. The summed E-state index contributed by atoms with van der Waals surface area (Å²) in [5, 5.41) is 31.9. The van der Waals surface area contributed by atoms with Crippen molar-refractivity contribution in [1.82, 2.24) is 9.62 Å². The molecule has 0 saturated heterocycles. The molecule has 0 radical (unpaired) electrons. The molecule has 0 aliphatic carbocycles. The SMILES string of the molecule is CC(C)CN(CC(O)C(Cc1ccc(O)cc1)NC(=O)O)S(=O)(=O)c1ccc2c(c1)OCO2. The predicted molar refractivity (Wildman–Crippen MR) is 119 cm³/mol. The predicted octanol–water partition coefficient (Wildman–Crippen LogP) is 2.01. The molecule has 4 N–H and O–H groups in total. The molecule has 0 spiro atoms. The zero-order chi connectivity index (χ0) is 24.2. The van der Waals surface area contributed by atoms with E-state index in [1.54, 1.807) is 12.1 Å². The van der Waals surface area contributed by atoms with E-state index in [9.17, 15) is 28.5 Å². The fourth-order valence-corrected chi connectivity index (χ4v) is 5.17. The van der Waals surface area contributed by atoms with Gasteiger partial charge in [0.05, 0.1) is 17.0 Å². The third kappa shape index (κ3) is 6.28. The fraction of sp³-hybridized carbons (Fsp3) is 0.409. The van der Waals surface area contributed by atoms with Gasteiger partial charge >= 0.3 is 6.09 Å². The molecule has 1 aliphatic rings. The van der Waals surface area contributed by atoms with E-state index in [0.29, 0.717) is 17.1 Å². The van der Waals surface area contributed by atoms with Gasteiger partial charge in [0.1, 0.15) is 5.75 Å². The van der Waals surface area contributed by atoms with Crippen LogP contribution >= 0.6 is 0 Å². The summed E-state index contributed by atoms with van der Waals surface area (Å²) in [6, 6.07) is 9.44. The summed E-state index contributed by atoms with van der Waals surface area (Å²) in [6.45, 7) is 3.49. The number of benzene rings is 2. The van der Waals surface area contributed by atoms with Crippen molar-refractivity contribution >= 4 is 16.1 Å². The Morgan fingerprint density at radius 1 is 1.09 bits per heavy atom. The molecule has 2 aromatic rings. The number of fused-ring (bicyclic) bond motifs is 1. The number of aliphatic hydroxyl groups is 1. The van der Waals surface area contributed by atoms with E-state index < -0.39 is 28.3 Å². The van der Waals surface area contributed by atoms with E-state index in [4.69, 9.17) is 9.47 Å². The fourth-order valence-electron chi connectivity index (χ4n) is 3.53. The standard InChI is InChI=1S/C22H28N2O8S/c1-14(2)11-24(33(29,30)17-7-8-20-21(10-17)32-13-31-20)12-19(26)18(23-22(27)28)9-15-3-5-16(25)6-4-15/h3-8,10,14,18-19,23,25-26H,9,11-13H2,1-2H3,(H,27,28). The highest BCUT2D eigenvalue weighted by atomic mass is 32.2. The number of rotatable bonds is 10. The average Bonchev–Trinajstić information content (AvgIpc) is 3.21. The number of ether oxygens (including phenoxy) is 2. The first-order valence-electron chi connectivity index (χ1n) is 10.4. The largest absolute Gasteiger partial charge is 0.508 e. The van der Waals surface area contributed by atoms with Gasteiger partial charge < -0.3 is 30.1 Å². The lowest BCUT2D eigenvalue weighted by molar-refractivity contribution is 0.0980. The van der Waals surface area contributed by atoms with E-state index in [1.165, 1.54) is 30.3 Å². The minimum absolute atomic E-state index is 0.00700. The van der Waals surface area contributed by atoms with Gasteiger partial charge in [-0.25, -0.2) is 13.2 Å². The lowest BCUT2D eigenvalue weighted by Gasteiger charge is -2.30. The van der Waals surface area contributed by atoms with Crippen LogP contribution in [0.3, 0.4) is 0 Å². The molecule has 2 atom stereocenters. The number of hydrogen-bond donors (Lipinski definition) is 4. The molecule has 0 aromatic heterocycles. The third-order valence-electron chi connectivity index (χ3n) is 5.11. The molecule has 1 heterocycles. The van der Waals surface area contributed by atoms with Crippen LogP contribution in [-0.2, 0) is 16.4 Å². The second-order valence-corrected chi connectivity index (χ2v) is 10.2. The molecule has 0 saturated carbocycles. The number of aromatic hydroxyl groups is 1. The smallest absolute Gasteiger partial charge is 0.404 e. The Kier molecular flexibility index (Phi) is 7.67. The van der Waals surface area contributed by atoms with Crippen LogP contribution in [0.15, 0.2) is 47.4 Å². The molecule has 2 unspecified atom stereocenters. The summed E-state index contributed by atoms with van der Waals surface area (Å²) < 4.78 is 38.5. The Morgan fingerprint density at radius 2 is 1.76 bits per heavy atom. The maximum Gasteiger partial charge on any atom is 0.404 e. The van der Waals surface area contributed by atoms with E-state index in [2.05, 4.69) is 5.32 Å². The molecule has 180 valence electrons. The first kappa shape index (κ1) is 24.6. The lowest BCUT2D eigenvalue weighted by Crippen LogP contribution is -2.50. The number of phenolic OH excluding ortho intramolecular Hbond substituents is 1. The molecule has 3 rings (SSSR count). The van der Waals surface area contributed by atoms with Gasteiger partial charge in [0, 0.05) is 19.2 Å². The van der Waals surface area contributed by atoms with E-state index in [-0.39, 0.29) is 42.9 Å². The van der Waals surface area contributed by atoms with Crippen LogP contribution in [0.4, 0.5) is 4.79 Å². The van der Waals surface area contributed by atoms with Gasteiger partial charge in [0.15, 0.2) is 11.5 Å². The van der Waals surface area contributed by atoms with E-state index in [0.717, 1.165) is 4.31 Å². The number of nitrogens with zero attached hydrogens (tertiary/aromatic N) is 1.